The van der Waals surface area contributed by atoms with Crippen molar-refractivity contribution in [3.05, 3.63) is 30.2 Å². The summed E-state index contributed by atoms with van der Waals surface area (Å²) >= 11 is 0. The molecule has 2 aliphatic rings. The predicted molar refractivity (Wildman–Crippen MR) is 83.0 cm³/mol. The first-order valence-electron chi connectivity index (χ1n) is 7.28. The second-order valence-electron chi connectivity index (χ2n) is 5.62. The maximum Gasteiger partial charge on any atom is 0.154 e. The van der Waals surface area contributed by atoms with E-state index in [1.54, 1.807) is 6.33 Å². The fraction of sp³-hybridized carbons (Fsp3) is 0.438. The monoisotopic (exact) mass is 281 g/mol. The SMILES string of the molecule is C=C1C=Cc2c1ncnc2N(C)N1CCCC(CC#N)C1. The van der Waals surface area contributed by atoms with E-state index in [4.69, 9.17) is 5.26 Å². The summed E-state index contributed by atoms with van der Waals surface area (Å²) in [6.07, 6.45) is 8.48. The molecule has 0 saturated carbocycles. The van der Waals surface area contributed by atoms with E-state index in [1.165, 1.54) is 0 Å². The molecule has 5 heteroatoms. The zero-order chi connectivity index (χ0) is 14.8. The fourth-order valence-corrected chi connectivity index (χ4v) is 3.06. The van der Waals surface area contributed by atoms with Crippen molar-refractivity contribution in [2.24, 2.45) is 5.92 Å². The first-order chi connectivity index (χ1) is 10.2. The molecule has 5 nitrogen and oxygen atoms in total. The van der Waals surface area contributed by atoms with Gasteiger partial charge in [0.05, 0.1) is 11.8 Å². The molecule has 1 aliphatic carbocycles. The third-order valence-electron chi connectivity index (χ3n) is 4.23. The van der Waals surface area contributed by atoms with Crippen molar-refractivity contribution in [3.63, 3.8) is 0 Å². The van der Waals surface area contributed by atoms with E-state index < -0.39 is 0 Å². The Hall–Kier alpha value is -2.19. The van der Waals surface area contributed by atoms with E-state index in [2.05, 4.69) is 32.6 Å². The zero-order valence-corrected chi connectivity index (χ0v) is 12.3. The summed E-state index contributed by atoms with van der Waals surface area (Å²) in [5.41, 5.74) is 2.88. The molecule has 0 amide bonds. The largest absolute Gasteiger partial charge is 0.292 e. The molecule has 0 bridgehead atoms. The van der Waals surface area contributed by atoms with E-state index in [0.717, 1.165) is 48.6 Å². The standard InChI is InChI=1S/C16H19N5/c1-12-5-6-14-15(12)18-11-19-16(14)20(2)21-9-3-4-13(10-21)7-8-17/h5-6,11,13H,1,3-4,7,9-10H2,2H3. The van der Waals surface area contributed by atoms with Gasteiger partial charge in [-0.2, -0.15) is 5.26 Å². The third kappa shape index (κ3) is 2.55. The maximum absolute atomic E-state index is 8.89. The Balaban J connectivity index is 1.83. The van der Waals surface area contributed by atoms with Crippen LogP contribution in [0.15, 0.2) is 19.0 Å². The molecule has 1 aromatic rings. The summed E-state index contributed by atoms with van der Waals surface area (Å²) in [5.74, 6) is 1.36. The van der Waals surface area contributed by atoms with Crippen molar-refractivity contribution in [1.29, 1.82) is 5.26 Å². The van der Waals surface area contributed by atoms with Gasteiger partial charge in [0.25, 0.3) is 0 Å². The molecule has 2 heterocycles. The van der Waals surface area contributed by atoms with Crippen LogP contribution in [-0.4, -0.2) is 35.1 Å². The van der Waals surface area contributed by atoms with Crippen molar-refractivity contribution in [1.82, 2.24) is 15.0 Å². The highest BCUT2D eigenvalue weighted by atomic mass is 15.6. The molecule has 1 atom stereocenters. The summed E-state index contributed by atoms with van der Waals surface area (Å²) in [6, 6.07) is 2.29. The second-order valence-corrected chi connectivity index (χ2v) is 5.62. The Kier molecular flexibility index (Phi) is 3.72. The number of hydrogen-bond acceptors (Lipinski definition) is 5. The van der Waals surface area contributed by atoms with Gasteiger partial charge in [0, 0.05) is 32.1 Å². The number of hydrazine groups is 1. The summed E-state index contributed by atoms with van der Waals surface area (Å²) in [6.45, 7) is 5.91. The highest BCUT2D eigenvalue weighted by Gasteiger charge is 2.26. The van der Waals surface area contributed by atoms with Crippen molar-refractivity contribution in [2.75, 3.05) is 25.1 Å². The molecule has 0 aromatic carbocycles. The minimum absolute atomic E-state index is 0.451. The summed E-state index contributed by atoms with van der Waals surface area (Å²) in [4.78, 5) is 8.76. The lowest BCUT2D eigenvalue weighted by atomic mass is 9.96. The summed E-state index contributed by atoms with van der Waals surface area (Å²) in [7, 11) is 2.03. The Labute approximate surface area is 125 Å². The number of fused-ring (bicyclic) bond motifs is 1. The average Bonchev–Trinajstić information content (AvgIpc) is 2.89. The Morgan fingerprint density at radius 3 is 3.14 bits per heavy atom. The van der Waals surface area contributed by atoms with Crippen molar-refractivity contribution < 1.29 is 0 Å². The molecule has 0 spiro atoms. The summed E-state index contributed by atoms with van der Waals surface area (Å²) < 4.78 is 0. The smallest absolute Gasteiger partial charge is 0.154 e. The minimum atomic E-state index is 0.451. The molecule has 108 valence electrons. The van der Waals surface area contributed by atoms with Gasteiger partial charge in [-0.3, -0.25) is 5.01 Å². The van der Waals surface area contributed by atoms with Crippen LogP contribution in [-0.2, 0) is 0 Å². The first kappa shape index (κ1) is 13.8. The number of rotatable bonds is 3. The van der Waals surface area contributed by atoms with Crippen LogP contribution in [0.2, 0.25) is 0 Å². The van der Waals surface area contributed by atoms with Crippen molar-refractivity contribution >= 4 is 17.5 Å². The van der Waals surface area contributed by atoms with Gasteiger partial charge in [-0.05, 0) is 30.4 Å². The lowest BCUT2D eigenvalue weighted by Gasteiger charge is -2.38. The van der Waals surface area contributed by atoms with Crippen LogP contribution < -0.4 is 5.01 Å². The molecule has 1 aromatic heterocycles. The van der Waals surface area contributed by atoms with Gasteiger partial charge in [-0.25, -0.2) is 15.0 Å². The molecule has 3 rings (SSSR count). The van der Waals surface area contributed by atoms with Crippen LogP contribution in [0.5, 0.6) is 0 Å². The molecule has 1 saturated heterocycles. The molecule has 0 radical (unpaired) electrons. The number of aromatic nitrogens is 2. The highest BCUT2D eigenvalue weighted by Crippen LogP contribution is 2.32. The van der Waals surface area contributed by atoms with Crippen LogP contribution in [0.1, 0.15) is 30.5 Å². The second kappa shape index (κ2) is 5.66. The van der Waals surface area contributed by atoms with Gasteiger partial charge in [0.2, 0.25) is 0 Å². The Bertz CT molecular complexity index is 628. The quantitative estimate of drug-likeness (QED) is 0.852. The predicted octanol–water partition coefficient (Wildman–Crippen LogP) is 2.49. The average molecular weight is 281 g/mol. The number of anilines is 1. The summed E-state index contributed by atoms with van der Waals surface area (Å²) in [5, 5.41) is 13.3. The Morgan fingerprint density at radius 2 is 2.33 bits per heavy atom. The van der Waals surface area contributed by atoms with Crippen LogP contribution >= 0.6 is 0 Å². The van der Waals surface area contributed by atoms with Gasteiger partial charge in [-0.15, -0.1) is 0 Å². The Morgan fingerprint density at radius 1 is 1.48 bits per heavy atom. The molecule has 1 unspecified atom stereocenters. The molecule has 0 N–H and O–H groups in total. The van der Waals surface area contributed by atoms with Gasteiger partial charge >= 0.3 is 0 Å². The number of piperidine rings is 1. The van der Waals surface area contributed by atoms with Crippen LogP contribution in [0.3, 0.4) is 0 Å². The molecular formula is C16H19N5. The van der Waals surface area contributed by atoms with E-state index >= 15 is 0 Å². The van der Waals surface area contributed by atoms with Gasteiger partial charge in [-0.1, -0.05) is 12.7 Å². The van der Waals surface area contributed by atoms with Crippen LogP contribution in [0.25, 0.3) is 11.6 Å². The normalized spacial score (nSPS) is 21.1. The van der Waals surface area contributed by atoms with Crippen LogP contribution in [0.4, 0.5) is 5.82 Å². The number of nitriles is 1. The lowest BCUT2D eigenvalue weighted by molar-refractivity contribution is 0.168. The van der Waals surface area contributed by atoms with E-state index in [1.807, 2.05) is 19.2 Å². The van der Waals surface area contributed by atoms with E-state index in [-0.39, 0.29) is 0 Å². The number of hydrogen-bond donors (Lipinski definition) is 0. The molecule has 21 heavy (non-hydrogen) atoms. The highest BCUT2D eigenvalue weighted by molar-refractivity contribution is 5.90. The van der Waals surface area contributed by atoms with Gasteiger partial charge < -0.3 is 0 Å². The fourth-order valence-electron chi connectivity index (χ4n) is 3.06. The minimum Gasteiger partial charge on any atom is -0.292 e. The third-order valence-corrected chi connectivity index (χ3v) is 4.23. The number of nitrogens with zero attached hydrogens (tertiary/aromatic N) is 5. The van der Waals surface area contributed by atoms with E-state index in [0.29, 0.717) is 12.3 Å². The molecule has 1 fully saturated rings. The van der Waals surface area contributed by atoms with Crippen molar-refractivity contribution in [2.45, 2.75) is 19.3 Å². The number of allylic oxidation sites excluding steroid dienone is 2. The van der Waals surface area contributed by atoms with Crippen LogP contribution in [0, 0.1) is 17.2 Å². The lowest BCUT2D eigenvalue weighted by Crippen LogP contribution is -2.46. The zero-order valence-electron chi connectivity index (χ0n) is 12.3. The van der Waals surface area contributed by atoms with Crippen molar-refractivity contribution in [3.8, 4) is 6.07 Å². The van der Waals surface area contributed by atoms with Gasteiger partial charge in [0.15, 0.2) is 5.82 Å². The van der Waals surface area contributed by atoms with Gasteiger partial charge in [0.1, 0.15) is 6.33 Å². The molecule has 1 aliphatic heterocycles. The topological polar surface area (TPSA) is 56.1 Å². The maximum atomic E-state index is 8.89. The van der Waals surface area contributed by atoms with E-state index in [9.17, 15) is 0 Å². The first-order valence-corrected chi connectivity index (χ1v) is 7.28. The molecular weight excluding hydrogens is 262 g/mol.